The van der Waals surface area contributed by atoms with Gasteiger partial charge in [0.1, 0.15) is 11.3 Å². The Kier molecular flexibility index (Phi) is 2.28. The molecule has 1 saturated carbocycles. The van der Waals surface area contributed by atoms with Gasteiger partial charge in [-0.25, -0.2) is 9.97 Å². The molecule has 0 radical (unpaired) electrons. The molecule has 108 valence electrons. The van der Waals surface area contributed by atoms with Gasteiger partial charge in [0.2, 0.25) is 5.89 Å². The molecule has 0 unspecified atom stereocenters. The Hall–Kier alpha value is -2.62. The first-order valence-corrected chi connectivity index (χ1v) is 7.64. The molecular weight excluding hydrogens is 274 g/mol. The lowest BCUT2D eigenvalue weighted by molar-refractivity contribution is 0.620. The third-order valence-corrected chi connectivity index (χ3v) is 4.32. The second-order valence-electron chi connectivity index (χ2n) is 5.95. The van der Waals surface area contributed by atoms with Gasteiger partial charge in [-0.15, -0.1) is 0 Å². The molecule has 0 amide bonds. The predicted molar refractivity (Wildman–Crippen MR) is 85.7 cm³/mol. The molecule has 1 fully saturated rings. The molecule has 4 nitrogen and oxygen atoms in total. The number of hydrogen-bond acceptors (Lipinski definition) is 3. The summed E-state index contributed by atoms with van der Waals surface area (Å²) in [5, 5.41) is 0. The summed E-state index contributed by atoms with van der Waals surface area (Å²) in [6.45, 7) is 2.08. The van der Waals surface area contributed by atoms with Crippen LogP contribution < -0.4 is 0 Å². The number of nitrogens with zero attached hydrogens (tertiary/aromatic N) is 3. The zero-order valence-electron chi connectivity index (χ0n) is 12.3. The minimum Gasteiger partial charge on any atom is -0.436 e. The van der Waals surface area contributed by atoms with E-state index >= 15 is 0 Å². The lowest BCUT2D eigenvalue weighted by atomic mass is 10.2. The number of imidazole rings is 1. The zero-order valence-corrected chi connectivity index (χ0v) is 12.3. The van der Waals surface area contributed by atoms with E-state index < -0.39 is 0 Å². The van der Waals surface area contributed by atoms with Crippen molar-refractivity contribution < 1.29 is 4.42 Å². The monoisotopic (exact) mass is 289 g/mol. The lowest BCUT2D eigenvalue weighted by Gasteiger charge is -2.03. The van der Waals surface area contributed by atoms with E-state index in [1.54, 1.807) is 0 Å². The number of aromatic nitrogens is 3. The van der Waals surface area contributed by atoms with E-state index in [0.29, 0.717) is 11.9 Å². The van der Waals surface area contributed by atoms with E-state index in [0.717, 1.165) is 28.0 Å². The Bertz CT molecular complexity index is 975. The van der Waals surface area contributed by atoms with Crippen LogP contribution in [0.5, 0.6) is 0 Å². The number of aryl methyl sites for hydroxylation is 1. The fraction of sp³-hybridized carbons (Fsp3) is 0.222. The van der Waals surface area contributed by atoms with E-state index in [9.17, 15) is 0 Å². The molecule has 0 spiro atoms. The summed E-state index contributed by atoms with van der Waals surface area (Å²) < 4.78 is 8.21. The van der Waals surface area contributed by atoms with Gasteiger partial charge in [0.15, 0.2) is 5.58 Å². The molecule has 4 heteroatoms. The first-order valence-electron chi connectivity index (χ1n) is 7.64. The zero-order chi connectivity index (χ0) is 14.7. The highest BCUT2D eigenvalue weighted by Crippen LogP contribution is 2.39. The molecule has 0 N–H and O–H groups in total. The van der Waals surface area contributed by atoms with Crippen LogP contribution in [0.25, 0.3) is 33.6 Å². The van der Waals surface area contributed by atoms with Gasteiger partial charge >= 0.3 is 0 Å². The van der Waals surface area contributed by atoms with Crippen molar-refractivity contribution in [2.45, 2.75) is 25.8 Å². The van der Waals surface area contributed by atoms with Crippen LogP contribution in [-0.4, -0.2) is 14.5 Å². The quantitative estimate of drug-likeness (QED) is 0.546. The van der Waals surface area contributed by atoms with Gasteiger partial charge in [0, 0.05) is 11.6 Å². The fourth-order valence-electron chi connectivity index (χ4n) is 3.14. The smallest absolute Gasteiger partial charge is 0.227 e. The number of fused-ring (bicyclic) bond motifs is 2. The van der Waals surface area contributed by atoms with Crippen molar-refractivity contribution in [1.82, 2.24) is 14.5 Å². The third-order valence-electron chi connectivity index (χ3n) is 4.32. The number of hydrogen-bond donors (Lipinski definition) is 0. The number of oxazole rings is 1. The van der Waals surface area contributed by atoms with Crippen molar-refractivity contribution in [3.8, 4) is 11.5 Å². The van der Waals surface area contributed by atoms with Gasteiger partial charge in [-0.05, 0) is 50.1 Å². The molecule has 0 atom stereocenters. The molecule has 0 saturated heterocycles. The Morgan fingerprint density at radius 3 is 2.73 bits per heavy atom. The van der Waals surface area contributed by atoms with Crippen LogP contribution in [0.3, 0.4) is 0 Å². The van der Waals surface area contributed by atoms with Crippen LogP contribution in [0.1, 0.15) is 24.7 Å². The Morgan fingerprint density at radius 1 is 1.05 bits per heavy atom. The van der Waals surface area contributed by atoms with E-state index in [1.165, 1.54) is 18.4 Å². The van der Waals surface area contributed by atoms with Crippen LogP contribution in [-0.2, 0) is 0 Å². The van der Waals surface area contributed by atoms with Crippen molar-refractivity contribution in [3.05, 3.63) is 48.3 Å². The van der Waals surface area contributed by atoms with Gasteiger partial charge in [-0.1, -0.05) is 12.1 Å². The van der Waals surface area contributed by atoms with Crippen LogP contribution in [0, 0.1) is 6.92 Å². The maximum atomic E-state index is 5.85. The predicted octanol–water partition coefficient (Wildman–Crippen LogP) is 4.49. The van der Waals surface area contributed by atoms with Crippen LogP contribution in [0.4, 0.5) is 0 Å². The van der Waals surface area contributed by atoms with E-state index in [4.69, 9.17) is 9.40 Å². The molecule has 0 aliphatic heterocycles. The maximum Gasteiger partial charge on any atom is 0.227 e. The van der Waals surface area contributed by atoms with Crippen molar-refractivity contribution >= 4 is 22.1 Å². The van der Waals surface area contributed by atoms with Crippen molar-refractivity contribution in [1.29, 1.82) is 0 Å². The molecule has 2 aromatic heterocycles. The molecular formula is C18H15N3O. The summed E-state index contributed by atoms with van der Waals surface area (Å²) in [5.41, 5.74) is 4.91. The average molecular weight is 289 g/mol. The topological polar surface area (TPSA) is 43.9 Å². The highest BCUT2D eigenvalue weighted by molar-refractivity contribution is 5.83. The largest absolute Gasteiger partial charge is 0.436 e. The van der Waals surface area contributed by atoms with E-state index in [1.807, 2.05) is 24.3 Å². The van der Waals surface area contributed by atoms with E-state index in [2.05, 4.69) is 34.7 Å². The molecule has 22 heavy (non-hydrogen) atoms. The molecule has 2 heterocycles. The van der Waals surface area contributed by atoms with Crippen LogP contribution in [0.15, 0.2) is 46.9 Å². The van der Waals surface area contributed by atoms with Gasteiger partial charge < -0.3 is 8.98 Å². The first kappa shape index (κ1) is 12.0. The van der Waals surface area contributed by atoms with Crippen molar-refractivity contribution in [2.24, 2.45) is 0 Å². The SMILES string of the molecule is Cc1nc2cc(-c3nc4ccccc4o3)ccc2n1C1CC1. The Labute approximate surface area is 127 Å². The first-order chi connectivity index (χ1) is 10.8. The van der Waals surface area contributed by atoms with Crippen LogP contribution in [0.2, 0.25) is 0 Å². The summed E-state index contributed by atoms with van der Waals surface area (Å²) >= 11 is 0. The average Bonchev–Trinajstić information content (AvgIpc) is 3.17. The standard InChI is InChI=1S/C18H15N3O/c1-11-19-15-10-12(6-9-16(15)21(11)13-7-8-13)18-20-14-4-2-3-5-17(14)22-18/h2-6,9-10,13H,7-8H2,1H3. The normalized spacial score (nSPS) is 15.0. The van der Waals surface area contributed by atoms with Gasteiger partial charge in [-0.3, -0.25) is 0 Å². The maximum absolute atomic E-state index is 5.85. The summed E-state index contributed by atoms with van der Waals surface area (Å²) in [4.78, 5) is 9.27. The summed E-state index contributed by atoms with van der Waals surface area (Å²) in [6.07, 6.45) is 2.53. The van der Waals surface area contributed by atoms with Crippen LogP contribution >= 0.6 is 0 Å². The Morgan fingerprint density at radius 2 is 1.91 bits per heavy atom. The number of rotatable bonds is 2. The summed E-state index contributed by atoms with van der Waals surface area (Å²) in [5.74, 6) is 1.74. The molecule has 1 aliphatic carbocycles. The number of benzene rings is 2. The van der Waals surface area contributed by atoms with Crippen molar-refractivity contribution in [2.75, 3.05) is 0 Å². The highest BCUT2D eigenvalue weighted by Gasteiger charge is 2.27. The molecule has 2 aromatic carbocycles. The second-order valence-corrected chi connectivity index (χ2v) is 5.95. The minimum absolute atomic E-state index is 0.639. The molecule has 1 aliphatic rings. The van der Waals surface area contributed by atoms with Gasteiger partial charge in [-0.2, -0.15) is 0 Å². The van der Waals surface area contributed by atoms with Gasteiger partial charge in [0.25, 0.3) is 0 Å². The molecule has 0 bridgehead atoms. The highest BCUT2D eigenvalue weighted by atomic mass is 16.3. The second kappa shape index (κ2) is 4.19. The molecule has 4 aromatic rings. The lowest BCUT2D eigenvalue weighted by Crippen LogP contribution is -1.95. The Balaban J connectivity index is 1.68. The minimum atomic E-state index is 0.639. The third kappa shape index (κ3) is 1.70. The fourth-order valence-corrected chi connectivity index (χ4v) is 3.14. The number of para-hydroxylation sites is 2. The summed E-state index contributed by atoms with van der Waals surface area (Å²) in [6, 6.07) is 14.8. The summed E-state index contributed by atoms with van der Waals surface area (Å²) in [7, 11) is 0. The molecule has 5 rings (SSSR count). The van der Waals surface area contributed by atoms with E-state index in [-0.39, 0.29) is 0 Å². The van der Waals surface area contributed by atoms with Gasteiger partial charge in [0.05, 0.1) is 11.0 Å². The van der Waals surface area contributed by atoms with Crippen molar-refractivity contribution in [3.63, 3.8) is 0 Å².